The first-order valence-corrected chi connectivity index (χ1v) is 7.23. The van der Waals surface area contributed by atoms with Crippen LogP contribution in [0.25, 0.3) is 0 Å². The largest absolute Gasteiger partial charge is 0.497 e. The van der Waals surface area contributed by atoms with Gasteiger partial charge in [0.05, 0.1) is 11.6 Å². The van der Waals surface area contributed by atoms with Gasteiger partial charge in [-0.25, -0.2) is 8.42 Å². The first kappa shape index (κ1) is 12.3. The molecular weight excluding hydrogens is 359 g/mol. The first-order valence-electron chi connectivity index (χ1n) is 3.34. The van der Waals surface area contributed by atoms with Crippen LogP contribution in [0.3, 0.4) is 0 Å². The fourth-order valence-corrected chi connectivity index (χ4v) is 3.50. The Morgan fingerprint density at radius 3 is 2.36 bits per heavy atom. The number of hydrogen-bond acceptors (Lipinski definition) is 3. The molecule has 0 aliphatic heterocycles. The predicted molar refractivity (Wildman–Crippen MR) is 61.4 cm³/mol. The van der Waals surface area contributed by atoms with Gasteiger partial charge in [0.2, 0.25) is 0 Å². The Balaban J connectivity index is 3.51. The van der Waals surface area contributed by atoms with Crippen LogP contribution in [0, 0.1) is 0 Å². The summed E-state index contributed by atoms with van der Waals surface area (Å²) in [6.45, 7) is 0. The molecule has 0 aliphatic rings. The number of rotatable bonds is 2. The van der Waals surface area contributed by atoms with Crippen molar-refractivity contribution in [1.29, 1.82) is 0 Å². The second-order valence-corrected chi connectivity index (χ2v) is 6.54. The van der Waals surface area contributed by atoms with Gasteiger partial charge in [0, 0.05) is 21.2 Å². The van der Waals surface area contributed by atoms with E-state index in [-0.39, 0.29) is 4.90 Å². The Hall–Kier alpha value is 0.220. The van der Waals surface area contributed by atoms with Crippen molar-refractivity contribution >= 4 is 51.6 Å². The van der Waals surface area contributed by atoms with Gasteiger partial charge in [0.1, 0.15) is 10.6 Å². The Kier molecular flexibility index (Phi) is 3.85. The third-order valence-electron chi connectivity index (χ3n) is 1.47. The van der Waals surface area contributed by atoms with Crippen molar-refractivity contribution in [2.75, 3.05) is 7.11 Å². The fraction of sp³-hybridized carbons (Fsp3) is 0.143. The smallest absolute Gasteiger partial charge is 0.262 e. The topological polar surface area (TPSA) is 43.4 Å². The van der Waals surface area contributed by atoms with Crippen molar-refractivity contribution in [3.05, 3.63) is 21.1 Å². The number of methoxy groups -OCH3 is 1. The quantitative estimate of drug-likeness (QED) is 0.757. The van der Waals surface area contributed by atoms with Crippen molar-refractivity contribution < 1.29 is 13.2 Å². The van der Waals surface area contributed by atoms with Gasteiger partial charge in [0.15, 0.2) is 0 Å². The normalized spacial score (nSPS) is 11.4. The van der Waals surface area contributed by atoms with E-state index < -0.39 is 9.05 Å². The van der Waals surface area contributed by atoms with Crippen LogP contribution in [0.2, 0.25) is 0 Å². The van der Waals surface area contributed by atoms with Gasteiger partial charge in [-0.2, -0.15) is 0 Å². The summed E-state index contributed by atoms with van der Waals surface area (Å²) in [5, 5.41) is 0. The monoisotopic (exact) mass is 362 g/mol. The zero-order valence-corrected chi connectivity index (χ0v) is 11.7. The number of halogens is 3. The summed E-state index contributed by atoms with van der Waals surface area (Å²) in [7, 11) is 2.90. The standard InChI is InChI=1S/C7H5Br2ClO3S/c1-13-4-2-5(8)7(9)6(3-4)14(10,11)12/h2-3H,1H3. The summed E-state index contributed by atoms with van der Waals surface area (Å²) < 4.78 is 28.1. The molecule has 7 heteroatoms. The van der Waals surface area contributed by atoms with E-state index in [9.17, 15) is 8.42 Å². The average molecular weight is 364 g/mol. The number of benzene rings is 1. The second kappa shape index (κ2) is 4.38. The van der Waals surface area contributed by atoms with Crippen LogP contribution in [-0.2, 0) is 9.05 Å². The molecule has 0 amide bonds. The van der Waals surface area contributed by atoms with Gasteiger partial charge in [-0.3, -0.25) is 0 Å². The molecule has 14 heavy (non-hydrogen) atoms. The third kappa shape index (κ3) is 2.62. The lowest BCUT2D eigenvalue weighted by atomic mass is 10.3. The summed E-state index contributed by atoms with van der Waals surface area (Å²) in [6.07, 6.45) is 0. The Labute approximate surface area is 103 Å². The van der Waals surface area contributed by atoms with E-state index in [4.69, 9.17) is 15.4 Å². The van der Waals surface area contributed by atoms with Crippen LogP contribution >= 0.6 is 42.5 Å². The molecule has 0 saturated heterocycles. The molecule has 0 atom stereocenters. The van der Waals surface area contributed by atoms with Crippen LogP contribution in [0.5, 0.6) is 5.75 Å². The van der Waals surface area contributed by atoms with E-state index in [1.54, 1.807) is 6.07 Å². The molecule has 1 rings (SSSR count). The van der Waals surface area contributed by atoms with E-state index in [2.05, 4.69) is 31.9 Å². The van der Waals surface area contributed by atoms with Gasteiger partial charge in [-0.15, -0.1) is 0 Å². The number of hydrogen-bond donors (Lipinski definition) is 0. The van der Waals surface area contributed by atoms with Gasteiger partial charge in [-0.1, -0.05) is 0 Å². The molecule has 1 aromatic rings. The van der Waals surface area contributed by atoms with Crippen LogP contribution < -0.4 is 4.74 Å². The Bertz CT molecular complexity index is 458. The highest BCUT2D eigenvalue weighted by Crippen LogP contribution is 2.35. The molecule has 0 unspecified atom stereocenters. The van der Waals surface area contributed by atoms with Gasteiger partial charge < -0.3 is 4.74 Å². The maximum absolute atomic E-state index is 11.1. The van der Waals surface area contributed by atoms with Crippen molar-refractivity contribution in [1.82, 2.24) is 0 Å². The van der Waals surface area contributed by atoms with Gasteiger partial charge in [0.25, 0.3) is 9.05 Å². The minimum atomic E-state index is -3.77. The lowest BCUT2D eigenvalue weighted by Crippen LogP contribution is -1.94. The lowest BCUT2D eigenvalue weighted by molar-refractivity contribution is 0.413. The number of ether oxygens (including phenoxy) is 1. The summed E-state index contributed by atoms with van der Waals surface area (Å²) in [5.41, 5.74) is 0. The van der Waals surface area contributed by atoms with E-state index in [1.807, 2.05) is 0 Å². The molecule has 78 valence electrons. The molecule has 0 radical (unpaired) electrons. The zero-order chi connectivity index (χ0) is 10.9. The second-order valence-electron chi connectivity index (χ2n) is 2.36. The minimum Gasteiger partial charge on any atom is -0.497 e. The molecule has 0 spiro atoms. The van der Waals surface area contributed by atoms with Gasteiger partial charge >= 0.3 is 0 Å². The molecule has 0 saturated carbocycles. The van der Waals surface area contributed by atoms with Crippen molar-refractivity contribution in [3.8, 4) is 5.75 Å². The molecule has 1 aromatic carbocycles. The average Bonchev–Trinajstić information content (AvgIpc) is 2.07. The molecule has 0 bridgehead atoms. The van der Waals surface area contributed by atoms with Crippen molar-refractivity contribution in [2.24, 2.45) is 0 Å². The van der Waals surface area contributed by atoms with Crippen molar-refractivity contribution in [3.63, 3.8) is 0 Å². The molecule has 0 fully saturated rings. The van der Waals surface area contributed by atoms with E-state index in [1.165, 1.54) is 13.2 Å². The summed E-state index contributed by atoms with van der Waals surface area (Å²) in [4.78, 5) is -0.0228. The highest BCUT2D eigenvalue weighted by molar-refractivity contribution is 9.13. The SMILES string of the molecule is COc1cc(Br)c(Br)c(S(=O)(=O)Cl)c1. The van der Waals surface area contributed by atoms with E-state index >= 15 is 0 Å². The molecular formula is C7H5Br2ClO3S. The summed E-state index contributed by atoms with van der Waals surface area (Å²) in [6, 6.07) is 2.98. The highest BCUT2D eigenvalue weighted by atomic mass is 79.9. The lowest BCUT2D eigenvalue weighted by Gasteiger charge is -2.06. The molecule has 0 aromatic heterocycles. The zero-order valence-electron chi connectivity index (χ0n) is 6.92. The van der Waals surface area contributed by atoms with Crippen LogP contribution in [0.4, 0.5) is 0 Å². The predicted octanol–water partition coefficient (Wildman–Crippen LogP) is 3.15. The maximum Gasteiger partial charge on any atom is 0.262 e. The van der Waals surface area contributed by atoms with Gasteiger partial charge in [-0.05, 0) is 37.9 Å². The molecule has 3 nitrogen and oxygen atoms in total. The third-order valence-corrected chi connectivity index (χ3v) is 5.09. The minimum absolute atomic E-state index is 0.0228. The summed E-state index contributed by atoms with van der Waals surface area (Å²) >= 11 is 6.29. The van der Waals surface area contributed by atoms with Crippen LogP contribution in [0.1, 0.15) is 0 Å². The Morgan fingerprint density at radius 2 is 1.93 bits per heavy atom. The van der Waals surface area contributed by atoms with Crippen LogP contribution in [0.15, 0.2) is 26.0 Å². The van der Waals surface area contributed by atoms with E-state index in [0.717, 1.165) is 0 Å². The molecule has 0 aliphatic carbocycles. The first-order chi connectivity index (χ1) is 6.36. The summed E-state index contributed by atoms with van der Waals surface area (Å²) in [5.74, 6) is 0.416. The molecule has 0 heterocycles. The van der Waals surface area contributed by atoms with Crippen molar-refractivity contribution in [2.45, 2.75) is 4.90 Å². The fourth-order valence-electron chi connectivity index (χ4n) is 0.835. The Morgan fingerprint density at radius 1 is 1.36 bits per heavy atom. The maximum atomic E-state index is 11.1. The van der Waals surface area contributed by atoms with E-state index in [0.29, 0.717) is 14.7 Å². The molecule has 0 N–H and O–H groups in total. The van der Waals surface area contributed by atoms with Crippen LogP contribution in [-0.4, -0.2) is 15.5 Å². The highest BCUT2D eigenvalue weighted by Gasteiger charge is 2.18.